The fraction of sp³-hybridized carbons (Fsp3) is 0.211. The van der Waals surface area contributed by atoms with Crippen LogP contribution in [0.15, 0.2) is 53.7 Å². The van der Waals surface area contributed by atoms with Gasteiger partial charge in [-0.1, -0.05) is 54.6 Å². The lowest BCUT2D eigenvalue weighted by Crippen LogP contribution is -2.22. The van der Waals surface area contributed by atoms with E-state index in [4.69, 9.17) is 11.6 Å². The Morgan fingerprint density at radius 2 is 1.88 bits per heavy atom. The highest BCUT2D eigenvalue weighted by Crippen LogP contribution is 2.24. The maximum atomic E-state index is 12.3. The Hall–Kier alpha value is -2.31. The Morgan fingerprint density at radius 1 is 1.19 bits per heavy atom. The number of hydrogen-bond donors (Lipinski definition) is 2. The lowest BCUT2D eigenvalue weighted by atomic mass is 10.1. The maximum absolute atomic E-state index is 12.3. The van der Waals surface area contributed by atoms with Gasteiger partial charge in [0.2, 0.25) is 11.1 Å². The van der Waals surface area contributed by atoms with Crippen LogP contribution in [0.1, 0.15) is 19.4 Å². The van der Waals surface area contributed by atoms with Gasteiger partial charge < -0.3 is 5.32 Å². The standard InChI is InChI=1S/C19H19ClN4OS/c1-3-13-4-6-14(7-5-13)17-22-19(24-23-17)26-12(2)18(25)21-16-10-8-15(20)9-11-16/h4-12H,3H2,1-2H3,(H,21,25)(H,22,23,24)/t12-/m0/s1. The number of thioether (sulfide) groups is 1. The first-order valence-electron chi connectivity index (χ1n) is 8.30. The Balaban J connectivity index is 1.62. The van der Waals surface area contributed by atoms with Crippen LogP contribution < -0.4 is 5.32 Å². The molecule has 1 aromatic heterocycles. The highest BCUT2D eigenvalue weighted by Gasteiger charge is 2.17. The number of H-pyrrole nitrogens is 1. The molecule has 3 aromatic rings. The minimum atomic E-state index is -0.336. The normalized spacial score (nSPS) is 12.0. The van der Waals surface area contributed by atoms with Crippen LogP contribution in [-0.4, -0.2) is 26.3 Å². The predicted molar refractivity (Wildman–Crippen MR) is 107 cm³/mol. The van der Waals surface area contributed by atoms with Gasteiger partial charge in [-0.25, -0.2) is 4.98 Å². The number of rotatable bonds is 6. The van der Waals surface area contributed by atoms with E-state index in [1.54, 1.807) is 24.3 Å². The van der Waals surface area contributed by atoms with Crippen molar-refractivity contribution in [2.45, 2.75) is 30.7 Å². The van der Waals surface area contributed by atoms with E-state index >= 15 is 0 Å². The molecule has 2 N–H and O–H groups in total. The summed E-state index contributed by atoms with van der Waals surface area (Å²) in [6.07, 6.45) is 0.998. The number of carbonyl (C=O) groups is 1. The summed E-state index contributed by atoms with van der Waals surface area (Å²) in [5.74, 6) is 0.580. The average Bonchev–Trinajstić information content (AvgIpc) is 3.12. The number of hydrogen-bond acceptors (Lipinski definition) is 4. The molecule has 0 aliphatic rings. The second-order valence-electron chi connectivity index (χ2n) is 5.77. The zero-order valence-electron chi connectivity index (χ0n) is 14.5. The van der Waals surface area contributed by atoms with Crippen molar-refractivity contribution < 1.29 is 4.79 Å². The minimum absolute atomic E-state index is 0.115. The molecule has 134 valence electrons. The summed E-state index contributed by atoms with van der Waals surface area (Å²) in [6.45, 7) is 3.94. The quantitative estimate of drug-likeness (QED) is 0.596. The molecule has 5 nitrogen and oxygen atoms in total. The van der Waals surface area contributed by atoms with Gasteiger partial charge in [-0.15, -0.1) is 5.10 Å². The van der Waals surface area contributed by atoms with E-state index in [-0.39, 0.29) is 11.2 Å². The summed E-state index contributed by atoms with van der Waals surface area (Å²) in [4.78, 5) is 16.8. The third-order valence-corrected chi connectivity index (χ3v) is 5.08. The van der Waals surface area contributed by atoms with Gasteiger partial charge in [0.15, 0.2) is 5.82 Å². The third-order valence-electron chi connectivity index (χ3n) is 3.86. The molecule has 7 heteroatoms. The molecule has 0 radical (unpaired) electrons. The van der Waals surface area contributed by atoms with Crippen LogP contribution in [0.5, 0.6) is 0 Å². The fourth-order valence-corrected chi connectivity index (χ4v) is 3.17. The van der Waals surface area contributed by atoms with Gasteiger partial charge in [-0.2, -0.15) is 0 Å². The average molecular weight is 387 g/mol. The zero-order valence-corrected chi connectivity index (χ0v) is 16.1. The van der Waals surface area contributed by atoms with Gasteiger partial charge in [-0.05, 0) is 43.2 Å². The topological polar surface area (TPSA) is 70.7 Å². The maximum Gasteiger partial charge on any atom is 0.237 e. The monoisotopic (exact) mass is 386 g/mol. The van der Waals surface area contributed by atoms with Crippen LogP contribution >= 0.6 is 23.4 Å². The molecule has 1 amide bonds. The number of aryl methyl sites for hydroxylation is 1. The molecule has 1 atom stereocenters. The van der Waals surface area contributed by atoms with Crippen LogP contribution in [0.2, 0.25) is 5.02 Å². The molecule has 0 spiro atoms. The van der Waals surface area contributed by atoms with Gasteiger partial charge in [-0.3, -0.25) is 9.89 Å². The third kappa shape index (κ3) is 4.65. The molecule has 0 bridgehead atoms. The molecule has 0 aliphatic heterocycles. The van der Waals surface area contributed by atoms with Crippen molar-refractivity contribution in [2.75, 3.05) is 5.32 Å². The molecular weight excluding hydrogens is 368 g/mol. The SMILES string of the molecule is CCc1ccc(-c2nc(S[C@@H](C)C(=O)Nc3ccc(Cl)cc3)n[nH]2)cc1. The van der Waals surface area contributed by atoms with Crippen LogP contribution in [0, 0.1) is 0 Å². The van der Waals surface area contributed by atoms with Gasteiger partial charge in [0, 0.05) is 16.3 Å². The molecular formula is C19H19ClN4OS. The van der Waals surface area contributed by atoms with E-state index in [1.165, 1.54) is 17.3 Å². The van der Waals surface area contributed by atoms with Crippen molar-refractivity contribution in [3.63, 3.8) is 0 Å². The van der Waals surface area contributed by atoms with Crippen LogP contribution in [0.4, 0.5) is 5.69 Å². The van der Waals surface area contributed by atoms with E-state index in [0.29, 0.717) is 21.7 Å². The summed E-state index contributed by atoms with van der Waals surface area (Å²) in [5.41, 5.74) is 2.95. The summed E-state index contributed by atoms with van der Waals surface area (Å²) in [5, 5.41) is 10.8. The number of aromatic nitrogens is 3. The van der Waals surface area contributed by atoms with Crippen molar-refractivity contribution >= 4 is 35.0 Å². The minimum Gasteiger partial charge on any atom is -0.325 e. The summed E-state index contributed by atoms with van der Waals surface area (Å²) in [6, 6.07) is 15.2. The second kappa shape index (κ2) is 8.38. The predicted octanol–water partition coefficient (Wildman–Crippen LogP) is 4.81. The van der Waals surface area contributed by atoms with Crippen LogP contribution in [0.25, 0.3) is 11.4 Å². The Labute approximate surface area is 161 Å². The van der Waals surface area contributed by atoms with Crippen molar-refractivity contribution in [3.8, 4) is 11.4 Å². The van der Waals surface area contributed by atoms with E-state index < -0.39 is 0 Å². The Kier molecular flexibility index (Phi) is 5.96. The highest BCUT2D eigenvalue weighted by atomic mass is 35.5. The Morgan fingerprint density at radius 3 is 2.54 bits per heavy atom. The number of nitrogens with zero attached hydrogens (tertiary/aromatic N) is 2. The molecule has 0 fully saturated rings. The number of carbonyl (C=O) groups excluding carboxylic acids is 1. The van der Waals surface area contributed by atoms with E-state index in [9.17, 15) is 4.79 Å². The van der Waals surface area contributed by atoms with E-state index in [0.717, 1.165) is 12.0 Å². The largest absolute Gasteiger partial charge is 0.325 e. The van der Waals surface area contributed by atoms with Crippen molar-refractivity contribution in [3.05, 3.63) is 59.1 Å². The molecule has 0 saturated carbocycles. The number of aromatic amines is 1. The summed E-state index contributed by atoms with van der Waals surface area (Å²) < 4.78 is 0. The first-order valence-corrected chi connectivity index (χ1v) is 9.55. The van der Waals surface area contributed by atoms with E-state index in [1.807, 2.05) is 19.1 Å². The van der Waals surface area contributed by atoms with Crippen molar-refractivity contribution in [2.24, 2.45) is 0 Å². The van der Waals surface area contributed by atoms with Crippen LogP contribution in [0.3, 0.4) is 0 Å². The van der Waals surface area contributed by atoms with Crippen molar-refractivity contribution in [1.82, 2.24) is 15.2 Å². The second-order valence-corrected chi connectivity index (χ2v) is 7.52. The Bertz CT molecular complexity index is 877. The molecule has 3 rings (SSSR count). The summed E-state index contributed by atoms with van der Waals surface area (Å²) in [7, 11) is 0. The van der Waals surface area contributed by atoms with Gasteiger partial charge >= 0.3 is 0 Å². The molecule has 26 heavy (non-hydrogen) atoms. The molecule has 0 aliphatic carbocycles. The van der Waals surface area contributed by atoms with Crippen LogP contribution in [-0.2, 0) is 11.2 Å². The number of anilines is 1. The molecule has 0 unspecified atom stereocenters. The fourth-order valence-electron chi connectivity index (χ4n) is 2.32. The number of halogens is 1. The molecule has 1 heterocycles. The molecule has 0 saturated heterocycles. The number of benzene rings is 2. The first kappa shape index (κ1) is 18.5. The first-order chi connectivity index (χ1) is 12.5. The van der Waals surface area contributed by atoms with Gasteiger partial charge in [0.25, 0.3) is 0 Å². The highest BCUT2D eigenvalue weighted by molar-refractivity contribution is 8.00. The van der Waals surface area contributed by atoms with Gasteiger partial charge in [0.05, 0.1) is 5.25 Å². The zero-order chi connectivity index (χ0) is 18.5. The summed E-state index contributed by atoms with van der Waals surface area (Å²) >= 11 is 7.16. The lowest BCUT2D eigenvalue weighted by Gasteiger charge is -2.10. The smallest absolute Gasteiger partial charge is 0.237 e. The van der Waals surface area contributed by atoms with E-state index in [2.05, 4.69) is 39.6 Å². The number of amides is 1. The van der Waals surface area contributed by atoms with Crippen molar-refractivity contribution in [1.29, 1.82) is 0 Å². The number of nitrogens with one attached hydrogen (secondary N) is 2. The molecule has 2 aromatic carbocycles. The van der Waals surface area contributed by atoms with Gasteiger partial charge in [0.1, 0.15) is 0 Å². The lowest BCUT2D eigenvalue weighted by molar-refractivity contribution is -0.115.